The number of nitrogens with two attached hydrogens (primary N) is 1. The van der Waals surface area contributed by atoms with Crippen LogP contribution in [-0.2, 0) is 6.42 Å². The van der Waals surface area contributed by atoms with E-state index in [9.17, 15) is 0 Å². The Morgan fingerprint density at radius 1 is 1.20 bits per heavy atom. The summed E-state index contributed by atoms with van der Waals surface area (Å²) in [6.45, 7) is 2.49. The molecule has 2 aromatic carbocycles. The summed E-state index contributed by atoms with van der Waals surface area (Å²) in [5.74, 6) is 0.796. The van der Waals surface area contributed by atoms with Gasteiger partial charge in [-0.25, -0.2) is 0 Å². The second-order valence-corrected chi connectivity index (χ2v) is 5.82. The van der Waals surface area contributed by atoms with Crippen LogP contribution in [-0.4, -0.2) is 6.54 Å². The Balaban J connectivity index is 2.19. The van der Waals surface area contributed by atoms with E-state index in [4.69, 9.17) is 22.1 Å². The van der Waals surface area contributed by atoms with Gasteiger partial charge in [0.15, 0.2) is 0 Å². The molecule has 0 saturated carbocycles. The van der Waals surface area contributed by atoms with Crippen LogP contribution in [0.2, 0.25) is 5.02 Å². The zero-order valence-electron chi connectivity index (χ0n) is 11.3. The Morgan fingerprint density at radius 3 is 2.50 bits per heavy atom. The molecule has 0 aromatic heterocycles. The van der Waals surface area contributed by atoms with E-state index in [1.54, 1.807) is 0 Å². The Kier molecular flexibility index (Phi) is 5.46. The van der Waals surface area contributed by atoms with Gasteiger partial charge in [-0.1, -0.05) is 46.6 Å². The van der Waals surface area contributed by atoms with E-state index in [1.165, 1.54) is 0 Å². The van der Waals surface area contributed by atoms with Crippen LogP contribution >= 0.6 is 27.5 Å². The van der Waals surface area contributed by atoms with Crippen LogP contribution in [0.25, 0.3) is 0 Å². The highest BCUT2D eigenvalue weighted by Crippen LogP contribution is 2.27. The summed E-state index contributed by atoms with van der Waals surface area (Å²) in [5, 5.41) is 0.771. The molecule has 1 unspecified atom stereocenters. The summed E-state index contributed by atoms with van der Waals surface area (Å²) in [5.41, 5.74) is 7.97. The molecule has 4 heteroatoms. The predicted molar refractivity (Wildman–Crippen MR) is 87.4 cm³/mol. The first-order chi connectivity index (χ1) is 9.63. The van der Waals surface area contributed by atoms with Gasteiger partial charge >= 0.3 is 0 Å². The molecule has 0 spiro atoms. The molecule has 106 valence electrons. The minimum absolute atomic E-state index is 0.158. The monoisotopic (exact) mass is 353 g/mol. The molecule has 1 atom stereocenters. The molecule has 0 aliphatic rings. The van der Waals surface area contributed by atoms with Crippen molar-refractivity contribution in [1.82, 2.24) is 0 Å². The van der Waals surface area contributed by atoms with Gasteiger partial charge < -0.3 is 10.5 Å². The van der Waals surface area contributed by atoms with E-state index in [0.29, 0.717) is 6.54 Å². The van der Waals surface area contributed by atoms with E-state index < -0.39 is 0 Å². The van der Waals surface area contributed by atoms with Gasteiger partial charge in [0.2, 0.25) is 0 Å². The third-order valence-electron chi connectivity index (χ3n) is 3.13. The summed E-state index contributed by atoms with van der Waals surface area (Å²) < 4.78 is 7.03. The average molecular weight is 355 g/mol. The first kappa shape index (κ1) is 15.4. The molecule has 0 radical (unpaired) electrons. The maximum atomic E-state index is 6.12. The van der Waals surface area contributed by atoms with E-state index in [-0.39, 0.29) is 6.10 Å². The van der Waals surface area contributed by atoms with Gasteiger partial charge in [-0.15, -0.1) is 0 Å². The van der Waals surface area contributed by atoms with Crippen LogP contribution in [0, 0.1) is 0 Å². The zero-order valence-corrected chi connectivity index (χ0v) is 13.6. The fourth-order valence-electron chi connectivity index (χ4n) is 1.99. The van der Waals surface area contributed by atoms with Gasteiger partial charge in [-0.2, -0.15) is 0 Å². The molecule has 20 heavy (non-hydrogen) atoms. The smallest absolute Gasteiger partial charge is 0.136 e. The number of rotatable bonds is 5. The molecular formula is C16H17BrClNO. The molecule has 0 heterocycles. The molecule has 0 fully saturated rings. The van der Waals surface area contributed by atoms with Gasteiger partial charge in [0, 0.05) is 16.0 Å². The van der Waals surface area contributed by atoms with Crippen molar-refractivity contribution in [2.75, 3.05) is 6.54 Å². The van der Waals surface area contributed by atoms with Gasteiger partial charge in [-0.3, -0.25) is 0 Å². The average Bonchev–Trinajstić information content (AvgIpc) is 2.47. The highest BCUT2D eigenvalue weighted by Gasteiger charge is 2.12. The second-order valence-electron chi connectivity index (χ2n) is 4.50. The molecule has 2 N–H and O–H groups in total. The van der Waals surface area contributed by atoms with Crippen molar-refractivity contribution < 1.29 is 4.74 Å². The van der Waals surface area contributed by atoms with Gasteiger partial charge in [0.25, 0.3) is 0 Å². The van der Waals surface area contributed by atoms with E-state index in [2.05, 4.69) is 22.9 Å². The van der Waals surface area contributed by atoms with Crippen LogP contribution in [0.15, 0.2) is 46.9 Å². The topological polar surface area (TPSA) is 35.2 Å². The molecule has 2 nitrogen and oxygen atoms in total. The highest BCUT2D eigenvalue weighted by molar-refractivity contribution is 9.10. The lowest BCUT2D eigenvalue weighted by atomic mass is 10.1. The third kappa shape index (κ3) is 3.75. The number of halogens is 2. The van der Waals surface area contributed by atoms with Crippen molar-refractivity contribution in [1.29, 1.82) is 0 Å². The van der Waals surface area contributed by atoms with Gasteiger partial charge in [-0.05, 0) is 47.9 Å². The van der Waals surface area contributed by atoms with Crippen LogP contribution in [0.3, 0.4) is 0 Å². The number of ether oxygens (including phenoxy) is 1. The zero-order chi connectivity index (χ0) is 14.5. The van der Waals surface area contributed by atoms with Gasteiger partial charge in [0.1, 0.15) is 11.9 Å². The molecule has 0 aliphatic carbocycles. The first-order valence-electron chi connectivity index (χ1n) is 6.54. The Hall–Kier alpha value is -1.03. The van der Waals surface area contributed by atoms with Crippen molar-refractivity contribution in [3.8, 4) is 5.75 Å². The summed E-state index contributed by atoms with van der Waals surface area (Å²) in [6, 6.07) is 13.7. The molecule has 0 aliphatic heterocycles. The lowest BCUT2D eigenvalue weighted by Gasteiger charge is -2.18. The Labute approximate surface area is 133 Å². The number of benzene rings is 2. The standard InChI is InChI=1S/C16H17BrClNO/c1-2-11-9-14(7-8-15(11)18)20-16(10-19)12-3-5-13(17)6-4-12/h3-9,16H,2,10,19H2,1H3. The SMILES string of the molecule is CCc1cc(OC(CN)c2ccc(Br)cc2)ccc1Cl. The normalized spacial score (nSPS) is 12.2. The van der Waals surface area contributed by atoms with Crippen LogP contribution in [0.4, 0.5) is 0 Å². The maximum absolute atomic E-state index is 6.12. The lowest BCUT2D eigenvalue weighted by Crippen LogP contribution is -2.18. The van der Waals surface area contributed by atoms with E-state index in [1.807, 2.05) is 42.5 Å². The largest absolute Gasteiger partial charge is 0.484 e. The number of aryl methyl sites for hydroxylation is 1. The Bertz CT molecular complexity index is 571. The summed E-state index contributed by atoms with van der Waals surface area (Å²) in [6.07, 6.45) is 0.718. The maximum Gasteiger partial charge on any atom is 0.136 e. The summed E-state index contributed by atoms with van der Waals surface area (Å²) in [7, 11) is 0. The molecule has 2 rings (SSSR count). The molecule has 0 bridgehead atoms. The molecular weight excluding hydrogens is 338 g/mol. The Morgan fingerprint density at radius 2 is 1.90 bits per heavy atom. The fraction of sp³-hybridized carbons (Fsp3) is 0.250. The highest BCUT2D eigenvalue weighted by atomic mass is 79.9. The minimum Gasteiger partial charge on any atom is -0.484 e. The van der Waals surface area contributed by atoms with Crippen molar-refractivity contribution in [3.05, 3.63) is 63.1 Å². The summed E-state index contributed by atoms with van der Waals surface area (Å²) in [4.78, 5) is 0. The van der Waals surface area contributed by atoms with Crippen molar-refractivity contribution in [3.63, 3.8) is 0 Å². The van der Waals surface area contributed by atoms with Crippen molar-refractivity contribution >= 4 is 27.5 Å². The quantitative estimate of drug-likeness (QED) is 0.841. The van der Waals surface area contributed by atoms with Gasteiger partial charge in [0.05, 0.1) is 0 Å². The third-order valence-corrected chi connectivity index (χ3v) is 4.03. The van der Waals surface area contributed by atoms with Crippen LogP contribution in [0.5, 0.6) is 5.75 Å². The molecule has 2 aromatic rings. The van der Waals surface area contributed by atoms with E-state index in [0.717, 1.165) is 32.8 Å². The van der Waals surface area contributed by atoms with E-state index >= 15 is 0 Å². The predicted octanol–water partition coefficient (Wildman–Crippen LogP) is 4.74. The number of hydrogen-bond donors (Lipinski definition) is 1. The minimum atomic E-state index is -0.158. The fourth-order valence-corrected chi connectivity index (χ4v) is 2.50. The lowest BCUT2D eigenvalue weighted by molar-refractivity contribution is 0.214. The molecule has 0 saturated heterocycles. The molecule has 0 amide bonds. The van der Waals surface area contributed by atoms with Crippen molar-refractivity contribution in [2.24, 2.45) is 5.73 Å². The summed E-state index contributed by atoms with van der Waals surface area (Å²) >= 11 is 9.54. The number of hydrogen-bond acceptors (Lipinski definition) is 2. The first-order valence-corrected chi connectivity index (χ1v) is 7.71. The second kappa shape index (κ2) is 7.11. The van der Waals surface area contributed by atoms with Crippen LogP contribution in [0.1, 0.15) is 24.2 Å². The van der Waals surface area contributed by atoms with Crippen LogP contribution < -0.4 is 10.5 Å². The van der Waals surface area contributed by atoms with Crippen molar-refractivity contribution in [2.45, 2.75) is 19.4 Å².